The van der Waals surface area contributed by atoms with Crippen LogP contribution in [-0.2, 0) is 9.59 Å². The molecule has 0 radical (unpaired) electrons. The van der Waals surface area contributed by atoms with Crippen LogP contribution in [-0.4, -0.2) is 23.0 Å². The Morgan fingerprint density at radius 1 is 1.43 bits per heavy atom. The molecule has 0 aliphatic carbocycles. The van der Waals surface area contributed by atoms with Gasteiger partial charge in [0, 0.05) is 0 Å². The van der Waals surface area contributed by atoms with Gasteiger partial charge in [0.05, 0.1) is 0 Å². The molecule has 2 N–H and O–H groups in total. The van der Waals surface area contributed by atoms with Crippen molar-refractivity contribution < 1.29 is 14.7 Å². The van der Waals surface area contributed by atoms with Crippen LogP contribution in [0, 0.1) is 5.92 Å². The normalized spacial score (nSPS) is 13.1. The lowest BCUT2D eigenvalue weighted by atomic mass is 10.0. The van der Waals surface area contributed by atoms with Gasteiger partial charge in [-0.05, 0) is 25.3 Å². The van der Waals surface area contributed by atoms with Crippen LogP contribution in [0.15, 0.2) is 12.2 Å². The molecular weight excluding hydrogens is 182 g/mol. The lowest BCUT2D eigenvalue weighted by molar-refractivity contribution is -0.141. The number of amides is 1. The van der Waals surface area contributed by atoms with Crippen LogP contribution in [0.25, 0.3) is 0 Å². The highest BCUT2D eigenvalue weighted by Gasteiger charge is 2.19. The fourth-order valence-corrected chi connectivity index (χ4v) is 1.06. The Labute approximate surface area is 84.0 Å². The number of hydrogen-bond donors (Lipinski definition) is 2. The van der Waals surface area contributed by atoms with Gasteiger partial charge in [-0.2, -0.15) is 0 Å². The first kappa shape index (κ1) is 12.7. The number of allylic oxidation sites excluding steroid dienone is 1. The van der Waals surface area contributed by atoms with Crippen molar-refractivity contribution in [3.05, 3.63) is 12.2 Å². The molecule has 4 nitrogen and oxygen atoms in total. The Morgan fingerprint density at radius 2 is 2.00 bits per heavy atom. The van der Waals surface area contributed by atoms with Crippen molar-refractivity contribution in [1.29, 1.82) is 0 Å². The molecule has 0 saturated heterocycles. The van der Waals surface area contributed by atoms with Gasteiger partial charge in [0.25, 0.3) is 0 Å². The molecule has 1 amide bonds. The van der Waals surface area contributed by atoms with Gasteiger partial charge in [-0.3, -0.25) is 4.79 Å². The summed E-state index contributed by atoms with van der Waals surface area (Å²) in [5.41, 5.74) is 0. The largest absolute Gasteiger partial charge is 0.480 e. The van der Waals surface area contributed by atoms with Crippen molar-refractivity contribution in [2.24, 2.45) is 5.92 Å². The zero-order chi connectivity index (χ0) is 11.1. The van der Waals surface area contributed by atoms with Gasteiger partial charge in [0.2, 0.25) is 5.91 Å². The molecule has 14 heavy (non-hydrogen) atoms. The number of carboxylic acids is 1. The average molecular weight is 199 g/mol. The van der Waals surface area contributed by atoms with Crippen molar-refractivity contribution in [2.75, 3.05) is 0 Å². The first-order valence-corrected chi connectivity index (χ1v) is 4.63. The van der Waals surface area contributed by atoms with Gasteiger partial charge in [-0.25, -0.2) is 4.79 Å². The number of hydrogen-bond acceptors (Lipinski definition) is 2. The summed E-state index contributed by atoms with van der Waals surface area (Å²) < 4.78 is 0. The maximum Gasteiger partial charge on any atom is 0.326 e. The van der Waals surface area contributed by atoms with E-state index in [1.54, 1.807) is 13.0 Å². The fraction of sp³-hybridized carbons (Fsp3) is 0.600. The second kappa shape index (κ2) is 6.18. The van der Waals surface area contributed by atoms with Crippen LogP contribution < -0.4 is 5.32 Å². The molecule has 0 spiro atoms. The molecule has 0 fully saturated rings. The molecule has 1 atom stereocenters. The first-order valence-electron chi connectivity index (χ1n) is 4.63. The van der Waals surface area contributed by atoms with E-state index in [9.17, 15) is 9.59 Å². The van der Waals surface area contributed by atoms with E-state index in [-0.39, 0.29) is 11.8 Å². The molecule has 0 aliphatic heterocycles. The zero-order valence-corrected chi connectivity index (χ0v) is 8.78. The maximum atomic E-state index is 11.1. The Bertz CT molecular complexity index is 234. The minimum absolute atomic E-state index is 0.238. The summed E-state index contributed by atoms with van der Waals surface area (Å²) in [5, 5.41) is 11.2. The molecule has 0 saturated carbocycles. The Hall–Kier alpha value is -1.32. The van der Waals surface area contributed by atoms with Crippen LogP contribution in [0.3, 0.4) is 0 Å². The minimum Gasteiger partial charge on any atom is -0.480 e. The maximum absolute atomic E-state index is 11.1. The smallest absolute Gasteiger partial charge is 0.326 e. The number of rotatable bonds is 5. The van der Waals surface area contributed by atoms with E-state index in [2.05, 4.69) is 5.32 Å². The quantitative estimate of drug-likeness (QED) is 0.653. The topological polar surface area (TPSA) is 66.4 Å². The molecule has 1 unspecified atom stereocenters. The average Bonchev–Trinajstić information content (AvgIpc) is 2.02. The summed E-state index contributed by atoms with van der Waals surface area (Å²) in [6.45, 7) is 5.54. The summed E-state index contributed by atoms with van der Waals surface area (Å²) in [6, 6.07) is -0.793. The number of carbonyl (C=O) groups is 2. The van der Waals surface area contributed by atoms with Crippen molar-refractivity contribution >= 4 is 11.9 Å². The number of aliphatic carboxylic acids is 1. The molecule has 80 valence electrons. The lowest BCUT2D eigenvalue weighted by Crippen LogP contribution is -2.40. The molecule has 0 rings (SSSR count). The van der Waals surface area contributed by atoms with E-state index in [1.807, 2.05) is 13.8 Å². The highest BCUT2D eigenvalue weighted by molar-refractivity contribution is 5.90. The van der Waals surface area contributed by atoms with Crippen molar-refractivity contribution in [2.45, 2.75) is 33.2 Å². The highest BCUT2D eigenvalue weighted by atomic mass is 16.4. The van der Waals surface area contributed by atoms with Gasteiger partial charge >= 0.3 is 5.97 Å². The standard InChI is InChI=1S/C10H17NO3/c1-4-5-9(12)11-8(10(13)14)6-7(2)3/h4-5,7-8H,6H2,1-3H3,(H,11,12)(H,13,14). The Kier molecular flexibility index (Phi) is 5.60. The highest BCUT2D eigenvalue weighted by Crippen LogP contribution is 2.04. The Balaban J connectivity index is 4.23. The molecule has 0 aromatic heterocycles. The molecule has 0 aliphatic rings. The van der Waals surface area contributed by atoms with Crippen molar-refractivity contribution in [3.63, 3.8) is 0 Å². The summed E-state index contributed by atoms with van der Waals surface area (Å²) in [4.78, 5) is 21.8. The predicted molar refractivity (Wildman–Crippen MR) is 53.8 cm³/mol. The third-order valence-electron chi connectivity index (χ3n) is 1.64. The summed E-state index contributed by atoms with van der Waals surface area (Å²) in [5.74, 6) is -1.11. The van der Waals surface area contributed by atoms with Crippen LogP contribution in [0.1, 0.15) is 27.2 Å². The summed E-state index contributed by atoms with van der Waals surface area (Å²) in [6.07, 6.45) is 3.33. The molecular formula is C10H17NO3. The van der Waals surface area contributed by atoms with Crippen LogP contribution in [0.4, 0.5) is 0 Å². The van der Waals surface area contributed by atoms with Gasteiger partial charge in [0.15, 0.2) is 0 Å². The van der Waals surface area contributed by atoms with E-state index >= 15 is 0 Å². The van der Waals surface area contributed by atoms with Gasteiger partial charge in [-0.15, -0.1) is 0 Å². The lowest BCUT2D eigenvalue weighted by Gasteiger charge is -2.15. The zero-order valence-electron chi connectivity index (χ0n) is 8.78. The summed E-state index contributed by atoms with van der Waals surface area (Å²) >= 11 is 0. The first-order chi connectivity index (χ1) is 6.47. The molecule has 0 aromatic rings. The van der Waals surface area contributed by atoms with Gasteiger partial charge in [0.1, 0.15) is 6.04 Å². The predicted octanol–water partition coefficient (Wildman–Crippen LogP) is 1.18. The van der Waals surface area contributed by atoms with E-state index in [0.717, 1.165) is 0 Å². The molecule has 0 bridgehead atoms. The summed E-state index contributed by atoms with van der Waals surface area (Å²) in [7, 11) is 0. The molecule has 0 heterocycles. The van der Waals surface area contributed by atoms with E-state index in [1.165, 1.54) is 6.08 Å². The SMILES string of the molecule is CC=CC(=O)NC(CC(C)C)C(=O)O. The van der Waals surface area contributed by atoms with E-state index in [0.29, 0.717) is 6.42 Å². The molecule has 0 aromatic carbocycles. The number of carboxylic acid groups (broad SMARTS) is 1. The second-order valence-electron chi connectivity index (χ2n) is 3.53. The van der Waals surface area contributed by atoms with Gasteiger partial charge in [-0.1, -0.05) is 19.9 Å². The van der Waals surface area contributed by atoms with Crippen LogP contribution in [0.2, 0.25) is 0 Å². The van der Waals surface area contributed by atoms with Gasteiger partial charge < -0.3 is 10.4 Å². The van der Waals surface area contributed by atoms with E-state index in [4.69, 9.17) is 5.11 Å². The monoisotopic (exact) mass is 199 g/mol. The van der Waals surface area contributed by atoms with Crippen LogP contribution in [0.5, 0.6) is 0 Å². The number of carbonyl (C=O) groups excluding carboxylic acids is 1. The van der Waals surface area contributed by atoms with Crippen LogP contribution >= 0.6 is 0 Å². The van der Waals surface area contributed by atoms with Crippen molar-refractivity contribution in [3.8, 4) is 0 Å². The van der Waals surface area contributed by atoms with E-state index < -0.39 is 12.0 Å². The fourth-order valence-electron chi connectivity index (χ4n) is 1.06. The molecule has 4 heteroatoms. The third kappa shape index (κ3) is 5.35. The minimum atomic E-state index is -0.989. The Morgan fingerprint density at radius 3 is 2.36 bits per heavy atom. The second-order valence-corrected chi connectivity index (χ2v) is 3.53. The number of nitrogens with one attached hydrogen (secondary N) is 1. The van der Waals surface area contributed by atoms with Crippen molar-refractivity contribution in [1.82, 2.24) is 5.32 Å². The third-order valence-corrected chi connectivity index (χ3v) is 1.64.